The van der Waals surface area contributed by atoms with Crippen LogP contribution in [0.3, 0.4) is 0 Å². The van der Waals surface area contributed by atoms with Gasteiger partial charge in [0.1, 0.15) is 5.82 Å². The summed E-state index contributed by atoms with van der Waals surface area (Å²) in [5.41, 5.74) is 2.36. The second kappa shape index (κ2) is 7.95. The molecule has 0 aromatic heterocycles. The fourth-order valence-electron chi connectivity index (χ4n) is 3.10. The summed E-state index contributed by atoms with van der Waals surface area (Å²) in [4.78, 5) is 14.5. The number of benzene rings is 2. The average Bonchev–Trinajstić information content (AvgIpc) is 2.87. The van der Waals surface area contributed by atoms with Gasteiger partial charge in [-0.3, -0.25) is 4.79 Å². The maximum Gasteiger partial charge on any atom is 0.228 e. The molecule has 0 radical (unpaired) electrons. The number of rotatable bonds is 4. The molecule has 126 valence electrons. The first kappa shape index (κ1) is 16.5. The summed E-state index contributed by atoms with van der Waals surface area (Å²) >= 11 is 0. The van der Waals surface area contributed by atoms with Crippen LogP contribution in [0.4, 0.5) is 15.8 Å². The van der Waals surface area contributed by atoms with Gasteiger partial charge >= 0.3 is 0 Å². The van der Waals surface area contributed by atoms with Crippen molar-refractivity contribution in [3.63, 3.8) is 0 Å². The monoisotopic (exact) mass is 326 g/mol. The van der Waals surface area contributed by atoms with E-state index in [1.165, 1.54) is 37.4 Å². The molecule has 1 fully saturated rings. The van der Waals surface area contributed by atoms with Crippen LogP contribution in [-0.2, 0) is 11.2 Å². The summed E-state index contributed by atoms with van der Waals surface area (Å²) in [6, 6.07) is 14.3. The smallest absolute Gasteiger partial charge is 0.228 e. The lowest BCUT2D eigenvalue weighted by Crippen LogP contribution is -2.23. The lowest BCUT2D eigenvalue weighted by molar-refractivity contribution is -0.115. The molecule has 0 aliphatic carbocycles. The molecule has 3 nitrogen and oxygen atoms in total. The first-order valence-corrected chi connectivity index (χ1v) is 8.60. The lowest BCUT2D eigenvalue weighted by atomic mass is 10.1. The Morgan fingerprint density at radius 2 is 1.62 bits per heavy atom. The third kappa shape index (κ3) is 4.34. The number of amides is 1. The van der Waals surface area contributed by atoms with Crippen molar-refractivity contribution < 1.29 is 9.18 Å². The number of hydrogen-bond donors (Lipinski definition) is 1. The molecule has 0 bridgehead atoms. The zero-order chi connectivity index (χ0) is 16.8. The van der Waals surface area contributed by atoms with Crippen molar-refractivity contribution in [1.29, 1.82) is 0 Å². The zero-order valence-corrected chi connectivity index (χ0v) is 13.8. The molecule has 3 rings (SSSR count). The number of anilines is 2. The Hall–Kier alpha value is -2.36. The van der Waals surface area contributed by atoms with Crippen molar-refractivity contribution in [3.05, 3.63) is 59.9 Å². The highest BCUT2D eigenvalue weighted by atomic mass is 19.1. The van der Waals surface area contributed by atoms with Crippen molar-refractivity contribution in [2.45, 2.75) is 32.1 Å². The molecule has 4 heteroatoms. The van der Waals surface area contributed by atoms with Gasteiger partial charge in [0.25, 0.3) is 0 Å². The highest BCUT2D eigenvalue weighted by molar-refractivity contribution is 5.92. The van der Waals surface area contributed by atoms with E-state index >= 15 is 0 Å². The van der Waals surface area contributed by atoms with Gasteiger partial charge in [-0.05, 0) is 48.7 Å². The third-order valence-electron chi connectivity index (χ3n) is 4.43. The summed E-state index contributed by atoms with van der Waals surface area (Å²) in [6.45, 7) is 2.19. The van der Waals surface area contributed by atoms with E-state index in [1.807, 2.05) is 24.3 Å². The Balaban J connectivity index is 1.59. The van der Waals surface area contributed by atoms with Crippen molar-refractivity contribution in [2.24, 2.45) is 0 Å². The van der Waals surface area contributed by atoms with Crippen molar-refractivity contribution >= 4 is 17.3 Å². The number of hydrogen-bond acceptors (Lipinski definition) is 2. The van der Waals surface area contributed by atoms with E-state index in [0.29, 0.717) is 5.56 Å². The van der Waals surface area contributed by atoms with E-state index in [1.54, 1.807) is 18.2 Å². The summed E-state index contributed by atoms with van der Waals surface area (Å²) < 4.78 is 13.6. The quantitative estimate of drug-likeness (QED) is 0.904. The van der Waals surface area contributed by atoms with Crippen LogP contribution in [0.1, 0.15) is 31.2 Å². The second-order valence-corrected chi connectivity index (χ2v) is 6.26. The van der Waals surface area contributed by atoms with Crippen LogP contribution in [-0.4, -0.2) is 19.0 Å². The van der Waals surface area contributed by atoms with Crippen molar-refractivity contribution in [1.82, 2.24) is 0 Å². The van der Waals surface area contributed by atoms with E-state index in [9.17, 15) is 9.18 Å². The molecular formula is C20H23FN2O. The van der Waals surface area contributed by atoms with E-state index in [4.69, 9.17) is 0 Å². The zero-order valence-electron chi connectivity index (χ0n) is 13.8. The number of halogens is 1. The topological polar surface area (TPSA) is 32.3 Å². The van der Waals surface area contributed by atoms with Gasteiger partial charge in [-0.1, -0.05) is 31.0 Å². The Morgan fingerprint density at radius 3 is 2.29 bits per heavy atom. The predicted molar refractivity (Wildman–Crippen MR) is 95.9 cm³/mol. The molecule has 1 amide bonds. The third-order valence-corrected chi connectivity index (χ3v) is 4.43. The first-order valence-electron chi connectivity index (χ1n) is 8.60. The van der Waals surface area contributed by atoms with Gasteiger partial charge in [0, 0.05) is 24.5 Å². The van der Waals surface area contributed by atoms with Crippen LogP contribution in [0.2, 0.25) is 0 Å². The normalized spacial score (nSPS) is 15.0. The molecule has 24 heavy (non-hydrogen) atoms. The fraction of sp³-hybridized carbons (Fsp3) is 0.350. The number of nitrogens with zero attached hydrogens (tertiary/aromatic N) is 1. The maximum absolute atomic E-state index is 13.6. The van der Waals surface area contributed by atoms with Gasteiger partial charge in [0.15, 0.2) is 0 Å². The molecule has 0 spiro atoms. The Kier molecular flexibility index (Phi) is 5.47. The number of carbonyl (C=O) groups excluding carboxylic acids is 1. The van der Waals surface area contributed by atoms with Crippen molar-refractivity contribution in [3.8, 4) is 0 Å². The molecule has 1 heterocycles. The summed E-state index contributed by atoms with van der Waals surface area (Å²) in [7, 11) is 0. The number of nitrogens with one attached hydrogen (secondary N) is 1. The predicted octanol–water partition coefficient (Wildman–Crippen LogP) is 4.39. The van der Waals surface area contributed by atoms with Crippen LogP contribution < -0.4 is 10.2 Å². The van der Waals surface area contributed by atoms with Gasteiger partial charge in [-0.15, -0.1) is 0 Å². The molecular weight excluding hydrogens is 303 g/mol. The van der Waals surface area contributed by atoms with Crippen LogP contribution in [0.15, 0.2) is 48.5 Å². The van der Waals surface area contributed by atoms with Gasteiger partial charge in [0.2, 0.25) is 5.91 Å². The molecule has 0 saturated carbocycles. The average molecular weight is 326 g/mol. The highest BCUT2D eigenvalue weighted by Crippen LogP contribution is 2.21. The molecule has 1 N–H and O–H groups in total. The summed E-state index contributed by atoms with van der Waals surface area (Å²) in [6.07, 6.45) is 5.13. The standard InChI is InChI=1S/C20H23FN2O/c21-19-8-4-3-7-16(19)15-20(24)22-17-9-11-18(12-10-17)23-13-5-1-2-6-14-23/h3-4,7-12H,1-2,5-6,13-15H2,(H,22,24). The summed E-state index contributed by atoms with van der Waals surface area (Å²) in [5, 5.41) is 2.84. The van der Waals surface area contributed by atoms with E-state index < -0.39 is 0 Å². The van der Waals surface area contributed by atoms with Crippen LogP contribution in [0.25, 0.3) is 0 Å². The van der Waals surface area contributed by atoms with Crippen LogP contribution in [0, 0.1) is 5.82 Å². The minimum atomic E-state index is -0.343. The van der Waals surface area contributed by atoms with E-state index in [0.717, 1.165) is 18.8 Å². The van der Waals surface area contributed by atoms with Gasteiger partial charge in [-0.2, -0.15) is 0 Å². The molecule has 1 aliphatic heterocycles. The Morgan fingerprint density at radius 1 is 0.958 bits per heavy atom. The number of carbonyl (C=O) groups is 1. The molecule has 2 aromatic carbocycles. The Bertz CT molecular complexity index is 676. The highest BCUT2D eigenvalue weighted by Gasteiger charge is 2.11. The van der Waals surface area contributed by atoms with Gasteiger partial charge in [-0.25, -0.2) is 4.39 Å². The Labute approximate surface area is 142 Å². The van der Waals surface area contributed by atoms with Gasteiger partial charge < -0.3 is 10.2 Å². The fourth-order valence-corrected chi connectivity index (χ4v) is 3.10. The second-order valence-electron chi connectivity index (χ2n) is 6.26. The largest absolute Gasteiger partial charge is 0.372 e. The molecule has 1 saturated heterocycles. The van der Waals surface area contributed by atoms with E-state index in [2.05, 4.69) is 10.2 Å². The molecule has 0 unspecified atom stereocenters. The summed E-state index contributed by atoms with van der Waals surface area (Å²) in [5.74, 6) is -0.549. The molecule has 0 atom stereocenters. The lowest BCUT2D eigenvalue weighted by Gasteiger charge is -2.22. The minimum Gasteiger partial charge on any atom is -0.372 e. The first-order chi connectivity index (χ1) is 11.7. The minimum absolute atomic E-state index is 0.0422. The molecule has 1 aliphatic rings. The van der Waals surface area contributed by atoms with Crippen LogP contribution in [0.5, 0.6) is 0 Å². The maximum atomic E-state index is 13.6. The van der Waals surface area contributed by atoms with Gasteiger partial charge in [0.05, 0.1) is 6.42 Å². The molecule has 2 aromatic rings. The van der Waals surface area contributed by atoms with Crippen molar-refractivity contribution in [2.75, 3.05) is 23.3 Å². The van der Waals surface area contributed by atoms with Crippen LogP contribution >= 0.6 is 0 Å². The SMILES string of the molecule is O=C(Cc1ccccc1F)Nc1ccc(N2CCCCCC2)cc1. The van der Waals surface area contributed by atoms with E-state index in [-0.39, 0.29) is 18.1 Å².